The van der Waals surface area contributed by atoms with Crippen molar-refractivity contribution in [2.75, 3.05) is 16.8 Å². The number of carbonyl (C=O) groups is 2. The third-order valence-corrected chi connectivity index (χ3v) is 4.77. The molecule has 1 aliphatic heterocycles. The topological polar surface area (TPSA) is 37.4 Å². The standard InChI is InChI=1S/C15H17BrClNO2/c1-15(2,3)9(7-16)8-18-12-6-10(17)4-5-11(12)13(19)14(18)20/h4-6,9H,7-8H2,1-3H3. The van der Waals surface area contributed by atoms with Gasteiger partial charge in [0.2, 0.25) is 0 Å². The first-order valence-electron chi connectivity index (χ1n) is 6.47. The lowest BCUT2D eigenvalue weighted by molar-refractivity contribution is -0.114. The molecule has 3 nitrogen and oxygen atoms in total. The molecule has 1 aromatic rings. The van der Waals surface area contributed by atoms with Gasteiger partial charge in [-0.3, -0.25) is 9.59 Å². The Morgan fingerprint density at radius 2 is 1.95 bits per heavy atom. The summed E-state index contributed by atoms with van der Waals surface area (Å²) < 4.78 is 0. The maximum absolute atomic E-state index is 12.2. The maximum Gasteiger partial charge on any atom is 0.299 e. The van der Waals surface area contributed by atoms with E-state index in [9.17, 15) is 9.59 Å². The van der Waals surface area contributed by atoms with E-state index in [4.69, 9.17) is 11.6 Å². The zero-order valence-electron chi connectivity index (χ0n) is 11.7. The van der Waals surface area contributed by atoms with E-state index in [1.807, 2.05) is 0 Å². The molecule has 108 valence electrons. The second kappa shape index (κ2) is 5.49. The van der Waals surface area contributed by atoms with Gasteiger partial charge in [-0.2, -0.15) is 0 Å². The summed E-state index contributed by atoms with van der Waals surface area (Å²) in [5, 5.41) is 1.30. The van der Waals surface area contributed by atoms with Crippen LogP contribution in [0, 0.1) is 11.3 Å². The van der Waals surface area contributed by atoms with Crippen LogP contribution in [0.2, 0.25) is 5.02 Å². The van der Waals surface area contributed by atoms with Crippen molar-refractivity contribution in [3.8, 4) is 0 Å². The molecule has 2 rings (SSSR count). The summed E-state index contributed by atoms with van der Waals surface area (Å²) in [6.07, 6.45) is 0. The molecular weight excluding hydrogens is 342 g/mol. The van der Waals surface area contributed by atoms with E-state index in [1.54, 1.807) is 23.1 Å². The molecule has 5 heteroatoms. The van der Waals surface area contributed by atoms with Crippen molar-refractivity contribution >= 4 is 44.9 Å². The largest absolute Gasteiger partial charge is 0.304 e. The zero-order chi connectivity index (χ0) is 15.1. The average molecular weight is 359 g/mol. The second-order valence-corrected chi connectivity index (χ2v) is 7.21. The van der Waals surface area contributed by atoms with Gasteiger partial charge >= 0.3 is 0 Å². The van der Waals surface area contributed by atoms with Crippen LogP contribution in [0.25, 0.3) is 0 Å². The van der Waals surface area contributed by atoms with Crippen molar-refractivity contribution in [2.45, 2.75) is 20.8 Å². The molecule has 0 aliphatic carbocycles. The molecule has 0 bridgehead atoms. The Balaban J connectivity index is 2.36. The number of benzene rings is 1. The molecule has 1 aromatic carbocycles. The highest BCUT2D eigenvalue weighted by Crippen LogP contribution is 2.35. The molecule has 0 spiro atoms. The molecule has 0 aromatic heterocycles. The van der Waals surface area contributed by atoms with Crippen LogP contribution in [0.3, 0.4) is 0 Å². The van der Waals surface area contributed by atoms with Gasteiger partial charge in [-0.15, -0.1) is 0 Å². The minimum atomic E-state index is -0.461. The number of hydrogen-bond acceptors (Lipinski definition) is 2. The van der Waals surface area contributed by atoms with Crippen molar-refractivity contribution in [1.82, 2.24) is 0 Å². The lowest BCUT2D eigenvalue weighted by Gasteiger charge is -2.32. The van der Waals surface area contributed by atoms with E-state index in [0.717, 1.165) is 5.33 Å². The normalized spacial score (nSPS) is 16.6. The van der Waals surface area contributed by atoms with E-state index >= 15 is 0 Å². The SMILES string of the molecule is CC(C)(C)C(CBr)CN1C(=O)C(=O)c2ccc(Cl)cc21. The van der Waals surface area contributed by atoms with Gasteiger partial charge in [0.1, 0.15) is 0 Å². The van der Waals surface area contributed by atoms with Gasteiger partial charge in [0.25, 0.3) is 11.7 Å². The number of halogens is 2. The monoisotopic (exact) mass is 357 g/mol. The minimum absolute atomic E-state index is 0.0359. The highest BCUT2D eigenvalue weighted by atomic mass is 79.9. The predicted octanol–water partition coefficient (Wildman–Crippen LogP) is 3.93. The minimum Gasteiger partial charge on any atom is -0.304 e. The smallest absolute Gasteiger partial charge is 0.299 e. The number of anilines is 1. The number of amides is 1. The van der Waals surface area contributed by atoms with Crippen molar-refractivity contribution < 1.29 is 9.59 Å². The average Bonchev–Trinajstić information content (AvgIpc) is 2.58. The fourth-order valence-corrected chi connectivity index (χ4v) is 3.57. The van der Waals surface area contributed by atoms with Crippen LogP contribution in [0.1, 0.15) is 31.1 Å². The van der Waals surface area contributed by atoms with Gasteiger partial charge in [-0.1, -0.05) is 48.3 Å². The van der Waals surface area contributed by atoms with Crippen LogP contribution in [0.4, 0.5) is 5.69 Å². The zero-order valence-corrected chi connectivity index (χ0v) is 14.1. The predicted molar refractivity (Wildman–Crippen MR) is 84.9 cm³/mol. The molecule has 1 atom stereocenters. The Kier molecular flexibility index (Phi) is 4.26. The van der Waals surface area contributed by atoms with Crippen LogP contribution >= 0.6 is 27.5 Å². The van der Waals surface area contributed by atoms with Crippen LogP contribution in [-0.4, -0.2) is 23.6 Å². The number of ketones is 1. The lowest BCUT2D eigenvalue weighted by Crippen LogP contribution is -2.39. The quantitative estimate of drug-likeness (QED) is 0.606. The summed E-state index contributed by atoms with van der Waals surface area (Å²) in [6, 6.07) is 4.95. The summed E-state index contributed by atoms with van der Waals surface area (Å²) in [6.45, 7) is 6.88. The molecule has 1 amide bonds. The first-order chi connectivity index (χ1) is 9.25. The fourth-order valence-electron chi connectivity index (χ4n) is 2.22. The molecule has 0 saturated heterocycles. The van der Waals surface area contributed by atoms with E-state index < -0.39 is 11.7 Å². The van der Waals surface area contributed by atoms with Gasteiger partial charge in [-0.05, 0) is 29.5 Å². The fraction of sp³-hybridized carbons (Fsp3) is 0.467. The first kappa shape index (κ1) is 15.5. The summed E-state index contributed by atoms with van der Waals surface area (Å²) in [5.41, 5.74) is 1.11. The van der Waals surface area contributed by atoms with Gasteiger partial charge < -0.3 is 4.90 Å². The van der Waals surface area contributed by atoms with Crippen molar-refractivity contribution in [1.29, 1.82) is 0 Å². The molecule has 1 aliphatic rings. The molecule has 0 radical (unpaired) electrons. The third-order valence-electron chi connectivity index (χ3n) is 3.75. The molecule has 0 saturated carbocycles. The Hall–Kier alpha value is -0.870. The molecule has 1 unspecified atom stereocenters. The van der Waals surface area contributed by atoms with Crippen molar-refractivity contribution in [2.24, 2.45) is 11.3 Å². The Morgan fingerprint density at radius 1 is 1.30 bits per heavy atom. The number of alkyl halides is 1. The van der Waals surface area contributed by atoms with Crippen molar-refractivity contribution in [3.05, 3.63) is 28.8 Å². The summed E-state index contributed by atoms with van der Waals surface area (Å²) in [5.74, 6) is -0.666. The highest BCUT2D eigenvalue weighted by molar-refractivity contribution is 9.09. The summed E-state index contributed by atoms with van der Waals surface area (Å²) >= 11 is 9.49. The Labute approximate surface area is 132 Å². The van der Waals surface area contributed by atoms with Crippen LogP contribution in [0.15, 0.2) is 18.2 Å². The van der Waals surface area contributed by atoms with Gasteiger partial charge in [0.15, 0.2) is 0 Å². The maximum atomic E-state index is 12.2. The number of fused-ring (bicyclic) bond motifs is 1. The number of hydrogen-bond donors (Lipinski definition) is 0. The molecular formula is C15H17BrClNO2. The number of carbonyl (C=O) groups excluding carboxylic acids is 2. The van der Waals surface area contributed by atoms with Crippen LogP contribution in [-0.2, 0) is 4.79 Å². The Bertz CT molecular complexity index is 565. The number of Topliss-reactive ketones (excluding diaryl/α,β-unsaturated/α-hetero) is 1. The van der Waals surface area contributed by atoms with E-state index in [0.29, 0.717) is 22.8 Å². The van der Waals surface area contributed by atoms with Gasteiger partial charge in [-0.25, -0.2) is 0 Å². The van der Waals surface area contributed by atoms with Crippen molar-refractivity contribution in [3.63, 3.8) is 0 Å². The third kappa shape index (κ3) is 2.77. The van der Waals surface area contributed by atoms with Gasteiger partial charge in [0, 0.05) is 16.9 Å². The highest BCUT2D eigenvalue weighted by Gasteiger charge is 2.38. The number of rotatable bonds is 3. The molecule has 20 heavy (non-hydrogen) atoms. The van der Waals surface area contributed by atoms with E-state index in [-0.39, 0.29) is 11.3 Å². The van der Waals surface area contributed by atoms with E-state index in [2.05, 4.69) is 36.7 Å². The summed E-state index contributed by atoms with van der Waals surface area (Å²) in [4.78, 5) is 25.7. The van der Waals surface area contributed by atoms with Crippen LogP contribution in [0.5, 0.6) is 0 Å². The summed E-state index contributed by atoms with van der Waals surface area (Å²) in [7, 11) is 0. The molecule has 1 heterocycles. The second-order valence-electron chi connectivity index (χ2n) is 6.12. The Morgan fingerprint density at radius 3 is 2.50 bits per heavy atom. The lowest BCUT2D eigenvalue weighted by atomic mass is 9.82. The van der Waals surface area contributed by atoms with Crippen LogP contribution < -0.4 is 4.90 Å². The first-order valence-corrected chi connectivity index (χ1v) is 7.97. The molecule has 0 fully saturated rings. The number of nitrogens with zero attached hydrogens (tertiary/aromatic N) is 1. The van der Waals surface area contributed by atoms with Gasteiger partial charge in [0.05, 0.1) is 11.3 Å². The van der Waals surface area contributed by atoms with E-state index in [1.165, 1.54) is 0 Å². The molecule has 0 N–H and O–H groups in total.